The molecule has 1 saturated heterocycles. The lowest BCUT2D eigenvalue weighted by Gasteiger charge is -2.27. The Morgan fingerprint density at radius 2 is 2.11 bits per heavy atom. The molecule has 1 saturated carbocycles. The lowest BCUT2D eigenvalue weighted by atomic mass is 9.96. The summed E-state index contributed by atoms with van der Waals surface area (Å²) in [4.78, 5) is 13.4. The molecule has 0 bridgehead atoms. The van der Waals surface area contributed by atoms with Crippen LogP contribution in [-0.2, 0) is 9.53 Å². The highest BCUT2D eigenvalue weighted by Gasteiger charge is 2.32. The predicted molar refractivity (Wildman–Crippen MR) is 68.6 cm³/mol. The molecule has 5 heteroatoms. The number of ether oxygens (including phenoxy) is 1. The van der Waals surface area contributed by atoms with Gasteiger partial charge in [0.05, 0.1) is 19.1 Å². The Kier molecular flexibility index (Phi) is 5.41. The van der Waals surface area contributed by atoms with Crippen molar-refractivity contribution in [3.63, 3.8) is 0 Å². The fourth-order valence-corrected chi connectivity index (χ4v) is 2.96. The maximum atomic E-state index is 11.0. The smallest absolute Gasteiger partial charge is 0.306 e. The first kappa shape index (κ1) is 13.8. The van der Waals surface area contributed by atoms with Crippen molar-refractivity contribution in [3.05, 3.63) is 0 Å². The van der Waals surface area contributed by atoms with E-state index >= 15 is 0 Å². The molecule has 104 valence electrons. The Labute approximate surface area is 108 Å². The van der Waals surface area contributed by atoms with Crippen LogP contribution in [0.15, 0.2) is 0 Å². The molecule has 2 rings (SSSR count). The van der Waals surface area contributed by atoms with E-state index in [1.165, 1.54) is 0 Å². The summed E-state index contributed by atoms with van der Waals surface area (Å²) in [5.41, 5.74) is 0. The molecule has 0 aromatic rings. The van der Waals surface area contributed by atoms with Crippen molar-refractivity contribution in [3.8, 4) is 0 Å². The number of hydrogen-bond acceptors (Lipinski definition) is 4. The van der Waals surface area contributed by atoms with E-state index in [4.69, 9.17) is 9.84 Å². The number of carbonyl (C=O) groups is 1. The second kappa shape index (κ2) is 7.07. The molecule has 5 nitrogen and oxygen atoms in total. The third-order valence-electron chi connectivity index (χ3n) is 4.09. The van der Waals surface area contributed by atoms with E-state index < -0.39 is 5.97 Å². The summed E-state index contributed by atoms with van der Waals surface area (Å²) in [7, 11) is 0. The molecule has 2 unspecified atom stereocenters. The van der Waals surface area contributed by atoms with Gasteiger partial charge in [-0.3, -0.25) is 9.69 Å². The number of nitrogens with one attached hydrogen (secondary N) is 1. The van der Waals surface area contributed by atoms with Crippen molar-refractivity contribution in [1.29, 1.82) is 0 Å². The first-order chi connectivity index (χ1) is 8.77. The Morgan fingerprint density at radius 1 is 1.33 bits per heavy atom. The van der Waals surface area contributed by atoms with Gasteiger partial charge in [-0.2, -0.15) is 0 Å². The summed E-state index contributed by atoms with van der Waals surface area (Å²) in [6, 6.07) is 0. The average Bonchev–Trinajstić information content (AvgIpc) is 2.84. The van der Waals surface area contributed by atoms with Gasteiger partial charge in [-0.15, -0.1) is 0 Å². The van der Waals surface area contributed by atoms with Crippen molar-refractivity contribution in [2.45, 2.75) is 19.3 Å². The van der Waals surface area contributed by atoms with Crippen LogP contribution in [0, 0.1) is 11.8 Å². The molecule has 1 aliphatic carbocycles. The zero-order valence-electron chi connectivity index (χ0n) is 10.9. The van der Waals surface area contributed by atoms with E-state index in [0.717, 1.165) is 65.2 Å². The van der Waals surface area contributed by atoms with Gasteiger partial charge >= 0.3 is 5.97 Å². The standard InChI is InChI=1S/C13H24N2O3/c16-13(17)12-3-1-2-11(12)10-14-4-5-15-6-8-18-9-7-15/h11-12,14H,1-10H2,(H,16,17). The number of nitrogens with zero attached hydrogens (tertiary/aromatic N) is 1. The maximum absolute atomic E-state index is 11.0. The highest BCUT2D eigenvalue weighted by atomic mass is 16.5. The molecule has 0 aromatic carbocycles. The van der Waals surface area contributed by atoms with E-state index in [1.807, 2.05) is 0 Å². The second-order valence-corrected chi connectivity index (χ2v) is 5.29. The minimum absolute atomic E-state index is 0.124. The summed E-state index contributed by atoms with van der Waals surface area (Å²) in [5.74, 6) is -0.416. The van der Waals surface area contributed by atoms with Crippen LogP contribution in [0.5, 0.6) is 0 Å². The molecule has 2 aliphatic rings. The lowest BCUT2D eigenvalue weighted by molar-refractivity contribution is -0.142. The van der Waals surface area contributed by atoms with Gasteiger partial charge in [-0.25, -0.2) is 0 Å². The summed E-state index contributed by atoms with van der Waals surface area (Å²) >= 11 is 0. The van der Waals surface area contributed by atoms with Crippen molar-refractivity contribution >= 4 is 5.97 Å². The lowest BCUT2D eigenvalue weighted by Crippen LogP contribution is -2.41. The monoisotopic (exact) mass is 256 g/mol. The number of carboxylic acid groups (broad SMARTS) is 1. The van der Waals surface area contributed by atoms with Gasteiger partial charge in [0.25, 0.3) is 0 Å². The molecule has 0 spiro atoms. The molecule has 2 atom stereocenters. The summed E-state index contributed by atoms with van der Waals surface area (Å²) in [6.07, 6.45) is 2.97. The number of hydrogen-bond donors (Lipinski definition) is 2. The van der Waals surface area contributed by atoms with Crippen molar-refractivity contribution in [1.82, 2.24) is 10.2 Å². The maximum Gasteiger partial charge on any atom is 0.306 e. The molecular weight excluding hydrogens is 232 g/mol. The first-order valence-electron chi connectivity index (χ1n) is 7.01. The average molecular weight is 256 g/mol. The molecule has 1 aliphatic heterocycles. The molecule has 0 aromatic heterocycles. The van der Waals surface area contributed by atoms with Gasteiger partial charge in [0, 0.05) is 26.2 Å². The molecule has 2 fully saturated rings. The third-order valence-corrected chi connectivity index (χ3v) is 4.09. The van der Waals surface area contributed by atoms with Gasteiger partial charge in [0.1, 0.15) is 0 Å². The molecular formula is C13H24N2O3. The largest absolute Gasteiger partial charge is 0.481 e. The zero-order chi connectivity index (χ0) is 12.8. The highest BCUT2D eigenvalue weighted by molar-refractivity contribution is 5.70. The molecule has 1 heterocycles. The van der Waals surface area contributed by atoms with Gasteiger partial charge < -0.3 is 15.2 Å². The summed E-state index contributed by atoms with van der Waals surface area (Å²) < 4.78 is 5.30. The van der Waals surface area contributed by atoms with Crippen LogP contribution < -0.4 is 5.32 Å². The molecule has 0 radical (unpaired) electrons. The van der Waals surface area contributed by atoms with E-state index in [1.54, 1.807) is 0 Å². The Morgan fingerprint density at radius 3 is 2.83 bits per heavy atom. The fourth-order valence-electron chi connectivity index (χ4n) is 2.96. The summed E-state index contributed by atoms with van der Waals surface area (Å²) in [6.45, 7) is 6.54. The third kappa shape index (κ3) is 3.93. The van der Waals surface area contributed by atoms with E-state index in [2.05, 4.69) is 10.2 Å². The molecule has 18 heavy (non-hydrogen) atoms. The quantitative estimate of drug-likeness (QED) is 0.674. The number of carboxylic acids is 1. The van der Waals surface area contributed by atoms with Crippen LogP contribution in [0.4, 0.5) is 0 Å². The molecule has 0 amide bonds. The summed E-state index contributed by atoms with van der Waals surface area (Å²) in [5, 5.41) is 12.5. The molecule has 2 N–H and O–H groups in total. The van der Waals surface area contributed by atoms with Crippen molar-refractivity contribution < 1.29 is 14.6 Å². The Bertz CT molecular complexity index is 267. The topological polar surface area (TPSA) is 61.8 Å². The minimum atomic E-state index is -0.618. The number of aliphatic carboxylic acids is 1. The van der Waals surface area contributed by atoms with E-state index in [0.29, 0.717) is 5.92 Å². The SMILES string of the molecule is O=C(O)C1CCCC1CNCCN1CCOCC1. The second-order valence-electron chi connectivity index (χ2n) is 5.29. The van der Waals surface area contributed by atoms with Crippen LogP contribution >= 0.6 is 0 Å². The van der Waals surface area contributed by atoms with Gasteiger partial charge in [-0.1, -0.05) is 6.42 Å². The van der Waals surface area contributed by atoms with Gasteiger partial charge in [0.2, 0.25) is 0 Å². The van der Waals surface area contributed by atoms with E-state index in [9.17, 15) is 4.79 Å². The minimum Gasteiger partial charge on any atom is -0.481 e. The van der Waals surface area contributed by atoms with Crippen LogP contribution in [0.1, 0.15) is 19.3 Å². The Balaban J connectivity index is 1.58. The van der Waals surface area contributed by atoms with Crippen LogP contribution in [-0.4, -0.2) is 61.9 Å². The predicted octanol–water partition coefficient (Wildman–Crippen LogP) is 0.409. The van der Waals surface area contributed by atoms with Crippen molar-refractivity contribution in [2.24, 2.45) is 11.8 Å². The van der Waals surface area contributed by atoms with Gasteiger partial charge in [-0.05, 0) is 25.3 Å². The van der Waals surface area contributed by atoms with Crippen LogP contribution in [0.3, 0.4) is 0 Å². The number of rotatable bonds is 6. The first-order valence-corrected chi connectivity index (χ1v) is 7.01. The number of morpholine rings is 1. The van der Waals surface area contributed by atoms with Crippen LogP contribution in [0.2, 0.25) is 0 Å². The van der Waals surface area contributed by atoms with Gasteiger partial charge in [0.15, 0.2) is 0 Å². The highest BCUT2D eigenvalue weighted by Crippen LogP contribution is 2.31. The zero-order valence-corrected chi connectivity index (χ0v) is 10.9. The normalized spacial score (nSPS) is 29.6. The van der Waals surface area contributed by atoms with Crippen molar-refractivity contribution in [2.75, 3.05) is 45.9 Å². The Hall–Kier alpha value is -0.650. The fraction of sp³-hybridized carbons (Fsp3) is 0.923. The van der Waals surface area contributed by atoms with E-state index in [-0.39, 0.29) is 5.92 Å². The van der Waals surface area contributed by atoms with Crippen LogP contribution in [0.25, 0.3) is 0 Å².